The van der Waals surface area contributed by atoms with E-state index >= 15 is 0 Å². The van der Waals surface area contributed by atoms with Gasteiger partial charge in [-0.3, -0.25) is 9.59 Å². The van der Waals surface area contributed by atoms with E-state index in [9.17, 15) is 14.7 Å². The van der Waals surface area contributed by atoms with Crippen LogP contribution in [0.5, 0.6) is 5.75 Å². The first kappa shape index (κ1) is 18.6. The summed E-state index contributed by atoms with van der Waals surface area (Å²) in [7, 11) is 0. The number of ether oxygens (including phenoxy) is 1. The topological polar surface area (TPSA) is 103 Å². The number of hydrogen-bond acceptors (Lipinski definition) is 4. The fraction of sp³-hybridized carbons (Fsp3) is 0.130. The van der Waals surface area contributed by atoms with Crippen LogP contribution < -0.4 is 10.5 Å². The molecule has 0 saturated carbocycles. The van der Waals surface area contributed by atoms with Gasteiger partial charge in [0.25, 0.3) is 5.91 Å². The minimum atomic E-state index is -0.874. The van der Waals surface area contributed by atoms with Gasteiger partial charge in [0.15, 0.2) is 6.61 Å². The Bertz CT molecular complexity index is 1210. The Morgan fingerprint density at radius 2 is 1.66 bits per heavy atom. The summed E-state index contributed by atoms with van der Waals surface area (Å²) in [4.78, 5) is 22.5. The van der Waals surface area contributed by atoms with E-state index in [4.69, 9.17) is 14.9 Å². The van der Waals surface area contributed by atoms with Gasteiger partial charge in [0, 0.05) is 11.3 Å². The fourth-order valence-corrected chi connectivity index (χ4v) is 3.51. The number of amides is 1. The number of hydrogen-bond donors (Lipinski definition) is 2. The maximum Gasteiger partial charge on any atom is 0.304 e. The Morgan fingerprint density at radius 1 is 0.931 bits per heavy atom. The number of carboxylic acid groups (broad SMARTS) is 1. The molecule has 1 aromatic heterocycles. The lowest BCUT2D eigenvalue weighted by Gasteiger charge is -2.17. The van der Waals surface area contributed by atoms with E-state index < -0.39 is 11.9 Å². The zero-order valence-corrected chi connectivity index (χ0v) is 15.5. The summed E-state index contributed by atoms with van der Waals surface area (Å²) in [5, 5.41) is 12.3. The first-order chi connectivity index (χ1) is 14.0. The van der Waals surface area contributed by atoms with Crippen LogP contribution in [0.2, 0.25) is 0 Å². The van der Waals surface area contributed by atoms with Crippen molar-refractivity contribution in [2.45, 2.75) is 12.3 Å². The smallest absolute Gasteiger partial charge is 0.304 e. The zero-order valence-electron chi connectivity index (χ0n) is 15.5. The lowest BCUT2D eigenvalue weighted by atomic mass is 9.87. The second-order valence-electron chi connectivity index (χ2n) is 6.89. The van der Waals surface area contributed by atoms with Crippen LogP contribution in [0.25, 0.3) is 21.7 Å². The SMILES string of the molecule is NC(=O)COc1ccc2ccc(C(CC(=O)O)c3ccc4occc4c3)cc2c1. The molecule has 4 rings (SSSR count). The van der Waals surface area contributed by atoms with Crippen LogP contribution in [0.3, 0.4) is 0 Å². The molecule has 1 heterocycles. The van der Waals surface area contributed by atoms with Crippen molar-refractivity contribution >= 4 is 33.6 Å². The molecule has 1 amide bonds. The van der Waals surface area contributed by atoms with Gasteiger partial charge in [-0.1, -0.05) is 30.3 Å². The van der Waals surface area contributed by atoms with Gasteiger partial charge in [-0.25, -0.2) is 0 Å². The summed E-state index contributed by atoms with van der Waals surface area (Å²) in [6.07, 6.45) is 1.58. The van der Waals surface area contributed by atoms with Gasteiger partial charge in [-0.2, -0.15) is 0 Å². The van der Waals surface area contributed by atoms with Gasteiger partial charge >= 0.3 is 5.97 Å². The number of benzene rings is 3. The Hall–Kier alpha value is -3.80. The van der Waals surface area contributed by atoms with E-state index in [1.807, 2.05) is 54.6 Å². The van der Waals surface area contributed by atoms with Crippen molar-refractivity contribution in [1.29, 1.82) is 0 Å². The summed E-state index contributed by atoms with van der Waals surface area (Å²) >= 11 is 0. The third-order valence-corrected chi connectivity index (χ3v) is 4.88. The minimum Gasteiger partial charge on any atom is -0.484 e. The molecule has 29 heavy (non-hydrogen) atoms. The summed E-state index contributed by atoms with van der Waals surface area (Å²) in [5.41, 5.74) is 7.68. The fourth-order valence-electron chi connectivity index (χ4n) is 3.51. The van der Waals surface area contributed by atoms with Crippen molar-refractivity contribution in [2.24, 2.45) is 5.73 Å². The quantitative estimate of drug-likeness (QED) is 0.496. The van der Waals surface area contributed by atoms with Crippen LogP contribution >= 0.6 is 0 Å². The van der Waals surface area contributed by atoms with Gasteiger partial charge in [0.05, 0.1) is 12.7 Å². The maximum atomic E-state index is 11.6. The number of furan rings is 1. The van der Waals surface area contributed by atoms with Crippen LogP contribution in [0.15, 0.2) is 71.3 Å². The number of primary amides is 1. The van der Waals surface area contributed by atoms with Crippen molar-refractivity contribution in [3.8, 4) is 5.75 Å². The minimum absolute atomic E-state index is 0.0350. The van der Waals surface area contributed by atoms with Gasteiger partial charge < -0.3 is 20.0 Å². The predicted octanol–water partition coefficient (Wildman–Crippen LogP) is 4.06. The number of carbonyl (C=O) groups is 2. The number of carbonyl (C=O) groups excluding carboxylic acids is 1. The Kier molecular flexibility index (Phi) is 4.91. The van der Waals surface area contributed by atoms with Gasteiger partial charge in [0.1, 0.15) is 11.3 Å². The van der Waals surface area contributed by atoms with Crippen molar-refractivity contribution < 1.29 is 23.8 Å². The average Bonchev–Trinajstić information content (AvgIpc) is 3.17. The highest BCUT2D eigenvalue weighted by molar-refractivity contribution is 5.85. The molecular formula is C23H19NO5. The molecule has 0 aliphatic rings. The molecule has 146 valence electrons. The van der Waals surface area contributed by atoms with E-state index in [2.05, 4.69) is 0 Å². The predicted molar refractivity (Wildman–Crippen MR) is 109 cm³/mol. The number of nitrogens with two attached hydrogens (primary N) is 1. The third kappa shape index (κ3) is 4.06. The van der Waals surface area contributed by atoms with Crippen LogP contribution in [-0.2, 0) is 9.59 Å². The first-order valence-corrected chi connectivity index (χ1v) is 9.13. The monoisotopic (exact) mass is 389 g/mol. The molecule has 3 N–H and O–H groups in total. The van der Waals surface area contributed by atoms with Crippen molar-refractivity contribution in [3.63, 3.8) is 0 Å². The van der Waals surface area contributed by atoms with Crippen LogP contribution in [0.4, 0.5) is 0 Å². The first-order valence-electron chi connectivity index (χ1n) is 9.13. The van der Waals surface area contributed by atoms with Crippen LogP contribution in [-0.4, -0.2) is 23.6 Å². The van der Waals surface area contributed by atoms with Crippen molar-refractivity contribution in [3.05, 3.63) is 78.1 Å². The molecule has 0 aliphatic heterocycles. The highest BCUT2D eigenvalue weighted by Gasteiger charge is 2.19. The zero-order chi connectivity index (χ0) is 20.4. The second kappa shape index (κ2) is 7.67. The van der Waals surface area contributed by atoms with E-state index in [1.54, 1.807) is 12.3 Å². The molecule has 4 aromatic rings. The van der Waals surface area contributed by atoms with E-state index in [0.29, 0.717) is 5.75 Å². The van der Waals surface area contributed by atoms with Gasteiger partial charge in [-0.15, -0.1) is 0 Å². The average molecular weight is 389 g/mol. The molecule has 0 spiro atoms. The number of fused-ring (bicyclic) bond motifs is 2. The Balaban J connectivity index is 1.74. The number of carboxylic acids is 1. The Labute approximate surface area is 166 Å². The third-order valence-electron chi connectivity index (χ3n) is 4.88. The molecule has 1 unspecified atom stereocenters. The molecule has 1 atom stereocenters. The molecule has 6 nitrogen and oxygen atoms in total. The highest BCUT2D eigenvalue weighted by Crippen LogP contribution is 2.33. The normalized spacial score (nSPS) is 12.1. The molecule has 3 aromatic carbocycles. The van der Waals surface area contributed by atoms with Gasteiger partial charge in [-0.05, 0) is 52.2 Å². The standard InChI is InChI=1S/C23H19NO5/c24-22(25)13-29-19-5-3-14-1-2-15(10-18(14)11-19)20(12-23(26)27)16-4-6-21-17(9-16)7-8-28-21/h1-11,20H,12-13H2,(H2,24,25)(H,26,27). The van der Waals surface area contributed by atoms with Gasteiger partial charge in [0.2, 0.25) is 0 Å². The molecule has 0 aliphatic carbocycles. The van der Waals surface area contributed by atoms with Crippen LogP contribution in [0, 0.1) is 0 Å². The van der Waals surface area contributed by atoms with E-state index in [-0.39, 0.29) is 18.9 Å². The molecular weight excluding hydrogens is 370 g/mol. The lowest BCUT2D eigenvalue weighted by Crippen LogP contribution is -2.19. The molecule has 0 bridgehead atoms. The highest BCUT2D eigenvalue weighted by atomic mass is 16.5. The summed E-state index contributed by atoms with van der Waals surface area (Å²) in [6.45, 7) is -0.197. The number of rotatable bonds is 7. The summed E-state index contributed by atoms with van der Waals surface area (Å²) in [6, 6.07) is 18.9. The second-order valence-corrected chi connectivity index (χ2v) is 6.89. The van der Waals surface area contributed by atoms with Crippen molar-refractivity contribution in [2.75, 3.05) is 6.61 Å². The van der Waals surface area contributed by atoms with E-state index in [0.717, 1.165) is 32.9 Å². The number of aliphatic carboxylic acids is 1. The lowest BCUT2D eigenvalue weighted by molar-refractivity contribution is -0.137. The van der Waals surface area contributed by atoms with E-state index in [1.165, 1.54) is 0 Å². The molecule has 0 saturated heterocycles. The Morgan fingerprint density at radius 3 is 2.41 bits per heavy atom. The largest absolute Gasteiger partial charge is 0.484 e. The maximum absolute atomic E-state index is 11.6. The van der Waals surface area contributed by atoms with Crippen LogP contribution in [0.1, 0.15) is 23.5 Å². The summed E-state index contributed by atoms with van der Waals surface area (Å²) < 4.78 is 10.8. The van der Waals surface area contributed by atoms with Crippen molar-refractivity contribution in [1.82, 2.24) is 0 Å². The molecule has 6 heteroatoms. The molecule has 0 radical (unpaired) electrons. The summed E-state index contributed by atoms with van der Waals surface area (Å²) in [5.74, 6) is -1.20. The molecule has 0 fully saturated rings.